The molecule has 0 saturated heterocycles. The summed E-state index contributed by atoms with van der Waals surface area (Å²) in [6, 6.07) is 16.1. The Morgan fingerprint density at radius 1 is 1.06 bits per heavy atom. The van der Waals surface area contributed by atoms with Crippen LogP contribution in [0.3, 0.4) is 0 Å². The smallest absolute Gasteiger partial charge is 0.269 e. The van der Waals surface area contributed by atoms with E-state index in [1.807, 2.05) is 37.3 Å². The van der Waals surface area contributed by atoms with Crippen molar-refractivity contribution in [2.75, 3.05) is 12.3 Å². The van der Waals surface area contributed by atoms with Gasteiger partial charge in [-0.15, -0.1) is 11.8 Å². The van der Waals surface area contributed by atoms with Crippen molar-refractivity contribution >= 4 is 29.3 Å². The second kappa shape index (κ2) is 13.9. The van der Waals surface area contributed by atoms with Gasteiger partial charge in [0.2, 0.25) is 11.8 Å². The van der Waals surface area contributed by atoms with Crippen LogP contribution in [0.15, 0.2) is 54.6 Å². The molecule has 3 rings (SSSR count). The Balaban J connectivity index is 1.63. The first-order valence-corrected chi connectivity index (χ1v) is 13.6. The number of non-ortho nitro benzene ring substituents is 1. The van der Waals surface area contributed by atoms with Crippen LogP contribution >= 0.6 is 11.8 Å². The molecular weight excluding hydrogens is 462 g/mol. The zero-order chi connectivity index (χ0) is 25.0. The Bertz CT molecular complexity index is 962. The molecule has 35 heavy (non-hydrogen) atoms. The number of nitrogens with zero attached hydrogens (tertiary/aromatic N) is 2. The molecule has 8 heteroatoms. The lowest BCUT2D eigenvalue weighted by Crippen LogP contribution is -2.52. The maximum atomic E-state index is 13.3. The first kappa shape index (κ1) is 26.7. The van der Waals surface area contributed by atoms with Crippen molar-refractivity contribution in [1.29, 1.82) is 0 Å². The van der Waals surface area contributed by atoms with E-state index in [1.54, 1.807) is 17.0 Å². The fourth-order valence-corrected chi connectivity index (χ4v) is 5.36. The van der Waals surface area contributed by atoms with Gasteiger partial charge >= 0.3 is 0 Å². The minimum Gasteiger partial charge on any atom is -0.352 e. The maximum Gasteiger partial charge on any atom is 0.269 e. The van der Waals surface area contributed by atoms with Crippen molar-refractivity contribution < 1.29 is 14.5 Å². The standard InChI is InChI=1S/C27H35N3O4S/c1-2-25(27(32)28-23-11-7-4-8-12-23)29(18-17-21-9-5-3-6-10-21)26(31)20-35-19-22-13-15-24(16-14-22)30(33)34/h3,5-6,9-10,13-16,23,25H,2,4,7-8,11-12,17-20H2,1H3,(H,28,32)/t25-/m0/s1. The van der Waals surface area contributed by atoms with E-state index in [4.69, 9.17) is 0 Å². The fraction of sp³-hybridized carbons (Fsp3) is 0.481. The maximum absolute atomic E-state index is 13.3. The lowest BCUT2D eigenvalue weighted by Gasteiger charge is -2.32. The Morgan fingerprint density at radius 2 is 1.74 bits per heavy atom. The molecule has 1 fully saturated rings. The van der Waals surface area contributed by atoms with E-state index in [-0.39, 0.29) is 29.3 Å². The van der Waals surface area contributed by atoms with E-state index >= 15 is 0 Å². The molecule has 0 bridgehead atoms. The summed E-state index contributed by atoms with van der Waals surface area (Å²) in [6.07, 6.45) is 6.75. The molecule has 2 amide bonds. The van der Waals surface area contributed by atoms with Crippen molar-refractivity contribution in [2.24, 2.45) is 0 Å². The molecule has 1 N–H and O–H groups in total. The van der Waals surface area contributed by atoms with Gasteiger partial charge in [0, 0.05) is 30.5 Å². The summed E-state index contributed by atoms with van der Waals surface area (Å²) in [5.41, 5.74) is 2.11. The Hall–Kier alpha value is -2.87. The second-order valence-electron chi connectivity index (χ2n) is 9.01. The molecule has 0 spiro atoms. The van der Waals surface area contributed by atoms with Crippen LogP contribution in [-0.2, 0) is 21.8 Å². The van der Waals surface area contributed by atoms with Gasteiger partial charge in [-0.25, -0.2) is 0 Å². The zero-order valence-corrected chi connectivity index (χ0v) is 21.2. The molecular formula is C27H35N3O4S. The monoisotopic (exact) mass is 497 g/mol. The highest BCUT2D eigenvalue weighted by atomic mass is 32.2. The van der Waals surface area contributed by atoms with Crippen LogP contribution in [0.25, 0.3) is 0 Å². The van der Waals surface area contributed by atoms with Crippen LogP contribution < -0.4 is 5.32 Å². The number of amides is 2. The molecule has 1 saturated carbocycles. The predicted molar refractivity (Wildman–Crippen MR) is 140 cm³/mol. The van der Waals surface area contributed by atoms with Crippen LogP contribution in [0.1, 0.15) is 56.6 Å². The molecule has 0 aromatic heterocycles. The van der Waals surface area contributed by atoms with Gasteiger partial charge in [-0.2, -0.15) is 0 Å². The van der Waals surface area contributed by atoms with Gasteiger partial charge in [-0.3, -0.25) is 19.7 Å². The molecule has 1 atom stereocenters. The third-order valence-corrected chi connectivity index (χ3v) is 7.45. The average Bonchev–Trinajstić information content (AvgIpc) is 2.88. The summed E-state index contributed by atoms with van der Waals surface area (Å²) in [5, 5.41) is 14.1. The molecule has 0 unspecified atom stereocenters. The molecule has 1 aliphatic rings. The summed E-state index contributed by atoms with van der Waals surface area (Å²) in [6.45, 7) is 2.44. The van der Waals surface area contributed by atoms with E-state index < -0.39 is 11.0 Å². The molecule has 0 aliphatic heterocycles. The fourth-order valence-electron chi connectivity index (χ4n) is 4.49. The van der Waals surface area contributed by atoms with Gasteiger partial charge in [-0.05, 0) is 36.8 Å². The second-order valence-corrected chi connectivity index (χ2v) is 9.99. The molecule has 2 aromatic carbocycles. The van der Waals surface area contributed by atoms with Crippen molar-refractivity contribution in [3.63, 3.8) is 0 Å². The number of nitrogens with one attached hydrogen (secondary N) is 1. The lowest BCUT2D eigenvalue weighted by atomic mass is 9.95. The number of carbonyl (C=O) groups excluding carboxylic acids is 2. The molecule has 7 nitrogen and oxygen atoms in total. The first-order chi connectivity index (χ1) is 17.0. The Labute approximate surface area is 211 Å². The number of thioether (sulfide) groups is 1. The minimum absolute atomic E-state index is 0.0525. The normalized spacial score (nSPS) is 14.8. The molecule has 188 valence electrons. The van der Waals surface area contributed by atoms with Crippen molar-refractivity contribution in [3.05, 3.63) is 75.8 Å². The van der Waals surface area contributed by atoms with Crippen LogP contribution in [0, 0.1) is 10.1 Å². The van der Waals surface area contributed by atoms with Gasteiger partial charge in [0.25, 0.3) is 5.69 Å². The average molecular weight is 498 g/mol. The number of carbonyl (C=O) groups is 2. The number of nitro benzene ring substituents is 1. The van der Waals surface area contributed by atoms with Gasteiger partial charge < -0.3 is 10.2 Å². The highest BCUT2D eigenvalue weighted by Crippen LogP contribution is 2.20. The summed E-state index contributed by atoms with van der Waals surface area (Å²) in [5.74, 6) is 0.708. The van der Waals surface area contributed by atoms with E-state index in [1.165, 1.54) is 30.3 Å². The first-order valence-electron chi connectivity index (χ1n) is 12.4. The highest BCUT2D eigenvalue weighted by Gasteiger charge is 2.29. The summed E-state index contributed by atoms with van der Waals surface area (Å²) in [4.78, 5) is 38.7. The summed E-state index contributed by atoms with van der Waals surface area (Å²) >= 11 is 1.46. The number of nitro groups is 1. The highest BCUT2D eigenvalue weighted by molar-refractivity contribution is 7.99. The van der Waals surface area contributed by atoms with Crippen LogP contribution in [-0.4, -0.2) is 46.0 Å². The van der Waals surface area contributed by atoms with Crippen LogP contribution in [0.4, 0.5) is 5.69 Å². The number of hydrogen-bond donors (Lipinski definition) is 1. The van der Waals surface area contributed by atoms with E-state index in [2.05, 4.69) is 5.32 Å². The number of rotatable bonds is 12. The Morgan fingerprint density at radius 3 is 2.37 bits per heavy atom. The van der Waals surface area contributed by atoms with Crippen molar-refractivity contribution in [1.82, 2.24) is 10.2 Å². The Kier molecular flexibility index (Phi) is 10.6. The van der Waals surface area contributed by atoms with Crippen LogP contribution in [0.5, 0.6) is 0 Å². The number of benzene rings is 2. The van der Waals surface area contributed by atoms with E-state index in [0.29, 0.717) is 25.1 Å². The van der Waals surface area contributed by atoms with Gasteiger partial charge in [0.05, 0.1) is 10.7 Å². The topological polar surface area (TPSA) is 92.6 Å². The van der Waals surface area contributed by atoms with Gasteiger partial charge in [0.1, 0.15) is 6.04 Å². The third-order valence-electron chi connectivity index (χ3n) is 6.46. The van der Waals surface area contributed by atoms with Crippen LogP contribution in [0.2, 0.25) is 0 Å². The molecule has 0 radical (unpaired) electrons. The van der Waals surface area contributed by atoms with E-state index in [9.17, 15) is 19.7 Å². The van der Waals surface area contributed by atoms with Crippen molar-refractivity contribution in [3.8, 4) is 0 Å². The summed E-state index contributed by atoms with van der Waals surface area (Å²) in [7, 11) is 0. The minimum atomic E-state index is -0.492. The molecule has 1 aliphatic carbocycles. The summed E-state index contributed by atoms with van der Waals surface area (Å²) < 4.78 is 0. The molecule has 0 heterocycles. The lowest BCUT2D eigenvalue weighted by molar-refractivity contribution is -0.384. The number of hydrogen-bond acceptors (Lipinski definition) is 5. The molecule has 2 aromatic rings. The van der Waals surface area contributed by atoms with E-state index in [0.717, 1.165) is 36.8 Å². The van der Waals surface area contributed by atoms with Crippen molar-refractivity contribution in [2.45, 2.75) is 69.7 Å². The largest absolute Gasteiger partial charge is 0.352 e. The SMILES string of the molecule is CC[C@@H](C(=O)NC1CCCCC1)N(CCc1ccccc1)C(=O)CSCc1ccc([N+](=O)[O-])cc1. The zero-order valence-electron chi connectivity index (χ0n) is 20.4. The third kappa shape index (κ3) is 8.38. The van der Waals surface area contributed by atoms with Gasteiger partial charge in [0.15, 0.2) is 0 Å². The quantitative estimate of drug-likeness (QED) is 0.324. The predicted octanol–water partition coefficient (Wildman–Crippen LogP) is 5.13. The van der Waals surface area contributed by atoms with Gasteiger partial charge in [-0.1, -0.05) is 68.7 Å².